The first-order chi connectivity index (χ1) is 28.1. The zero-order valence-electron chi connectivity index (χ0n) is 33.3. The number of hydrogen-bond acceptors (Lipinski definition) is 0. The van der Waals surface area contributed by atoms with Crippen LogP contribution in [-0.4, -0.2) is 13.7 Å². The van der Waals surface area contributed by atoms with Crippen molar-refractivity contribution >= 4 is 80.1 Å². The lowest BCUT2D eigenvalue weighted by molar-refractivity contribution is 0.724. The Bertz CT molecular complexity index is 3000. The molecule has 0 N–H and O–H groups in total. The van der Waals surface area contributed by atoms with E-state index < -0.39 is 0 Å². The van der Waals surface area contributed by atoms with E-state index in [4.69, 9.17) is 0 Å². The first-order valence-electron chi connectivity index (χ1n) is 20.9. The minimum absolute atomic E-state index is 0.343. The second-order valence-corrected chi connectivity index (χ2v) is 15.7. The Morgan fingerprint density at radius 2 is 1.12 bits per heavy atom. The van der Waals surface area contributed by atoms with Crippen molar-refractivity contribution in [3.05, 3.63) is 178 Å². The molecule has 280 valence electrons. The first kappa shape index (κ1) is 35.1. The Morgan fingerprint density at radius 1 is 0.526 bits per heavy atom. The van der Waals surface area contributed by atoms with Crippen LogP contribution in [0.2, 0.25) is 0 Å². The standard InChI is InChI=1S/C54H49N3/c1-4-55-49-16-10-7-13-43(49)46-34-37(25-28-52(46)55)19-22-40-31-41(23-20-38-26-29-53-47(35-38)44-14-8-11-17-50(44)56(53)5-2)33-42(32-40)24-21-39-27-30-54-48(36-39)45-15-9-12-18-51(45)57(54)6-3/h7-26,28-29,31-34,36,38H,4-6,27,30,35H2,1-3H3/b22-19+,23-20+,24-21+. The van der Waals surface area contributed by atoms with Crippen LogP contribution in [0.4, 0.5) is 0 Å². The third-order valence-electron chi connectivity index (χ3n) is 12.4. The highest BCUT2D eigenvalue weighted by atomic mass is 15.0. The van der Waals surface area contributed by atoms with Crippen molar-refractivity contribution in [3.63, 3.8) is 0 Å². The average molecular weight is 740 g/mol. The van der Waals surface area contributed by atoms with Crippen LogP contribution < -0.4 is 0 Å². The third kappa shape index (κ3) is 6.23. The van der Waals surface area contributed by atoms with Gasteiger partial charge < -0.3 is 13.7 Å². The maximum atomic E-state index is 2.50. The molecular weight excluding hydrogens is 691 g/mol. The highest BCUT2D eigenvalue weighted by Crippen LogP contribution is 2.36. The van der Waals surface area contributed by atoms with Crippen molar-refractivity contribution in [2.75, 3.05) is 0 Å². The van der Waals surface area contributed by atoms with E-state index in [0.717, 1.165) is 38.9 Å². The third-order valence-corrected chi connectivity index (χ3v) is 12.4. The van der Waals surface area contributed by atoms with Gasteiger partial charge in [0.25, 0.3) is 0 Å². The van der Waals surface area contributed by atoms with Crippen molar-refractivity contribution in [2.45, 2.75) is 59.7 Å². The summed E-state index contributed by atoms with van der Waals surface area (Å²) in [6, 6.07) is 40.4. The second-order valence-electron chi connectivity index (χ2n) is 15.7. The topological polar surface area (TPSA) is 14.8 Å². The van der Waals surface area contributed by atoms with E-state index in [0.29, 0.717) is 5.92 Å². The lowest BCUT2D eigenvalue weighted by atomic mass is 9.91. The van der Waals surface area contributed by atoms with Gasteiger partial charge in [-0.25, -0.2) is 0 Å². The van der Waals surface area contributed by atoms with Gasteiger partial charge in [-0.05, 0) is 140 Å². The maximum absolute atomic E-state index is 2.50. The fraction of sp³-hybridized carbons (Fsp3) is 0.185. The molecule has 10 rings (SSSR count). The predicted octanol–water partition coefficient (Wildman–Crippen LogP) is 13.9. The minimum atomic E-state index is 0.343. The van der Waals surface area contributed by atoms with Crippen LogP contribution in [0.25, 0.3) is 80.1 Å². The fourth-order valence-corrected chi connectivity index (χ4v) is 9.76. The second kappa shape index (κ2) is 14.6. The summed E-state index contributed by atoms with van der Waals surface area (Å²) >= 11 is 0. The molecule has 0 saturated carbocycles. The van der Waals surface area contributed by atoms with Gasteiger partial charge in [0.2, 0.25) is 0 Å². The van der Waals surface area contributed by atoms with Crippen molar-refractivity contribution in [1.82, 2.24) is 13.7 Å². The van der Waals surface area contributed by atoms with E-state index in [-0.39, 0.29) is 0 Å². The van der Waals surface area contributed by atoms with E-state index in [2.05, 4.69) is 198 Å². The number of allylic oxidation sites excluding steroid dienone is 4. The van der Waals surface area contributed by atoms with Gasteiger partial charge in [0, 0.05) is 80.2 Å². The molecule has 3 aromatic heterocycles. The van der Waals surface area contributed by atoms with Crippen molar-refractivity contribution in [3.8, 4) is 0 Å². The molecule has 5 aromatic carbocycles. The van der Waals surface area contributed by atoms with Crippen LogP contribution in [0.5, 0.6) is 0 Å². The lowest BCUT2D eigenvalue weighted by Gasteiger charge is -2.16. The molecule has 0 aliphatic heterocycles. The molecule has 0 bridgehead atoms. The fourth-order valence-electron chi connectivity index (χ4n) is 9.76. The SMILES string of the molecule is CCn1c2c(c3ccccc31)CC(/C=C/c1cc(/C=C/C3=Cc4c(n(CC)c5ccccc45)CC3)cc(/C=C/c3ccc4c(c3)c3ccccc3n4CC)c1)C=C2. The molecule has 2 aliphatic rings. The molecule has 8 aromatic rings. The Kier molecular flexibility index (Phi) is 9.02. The van der Waals surface area contributed by atoms with E-state index in [1.54, 1.807) is 0 Å². The molecule has 0 fully saturated rings. The Hall–Kier alpha value is -6.32. The van der Waals surface area contributed by atoms with Crippen LogP contribution in [0.1, 0.15) is 72.0 Å². The van der Waals surface area contributed by atoms with Crippen LogP contribution in [0, 0.1) is 5.92 Å². The summed E-state index contributed by atoms with van der Waals surface area (Å²) in [6.45, 7) is 9.67. The van der Waals surface area contributed by atoms with Crippen LogP contribution in [0.3, 0.4) is 0 Å². The average Bonchev–Trinajstić information content (AvgIpc) is 3.88. The quantitative estimate of drug-likeness (QED) is 0.131. The molecular formula is C54H49N3. The van der Waals surface area contributed by atoms with Gasteiger partial charge in [0.1, 0.15) is 0 Å². The summed E-state index contributed by atoms with van der Waals surface area (Å²) in [5.41, 5.74) is 17.2. The normalized spacial score (nSPS) is 15.6. The number of benzene rings is 5. The van der Waals surface area contributed by atoms with E-state index in [1.165, 1.54) is 94.0 Å². The predicted molar refractivity (Wildman–Crippen MR) is 246 cm³/mol. The summed E-state index contributed by atoms with van der Waals surface area (Å²) in [6.07, 6.45) is 24.3. The summed E-state index contributed by atoms with van der Waals surface area (Å²) in [7, 11) is 0. The smallest absolute Gasteiger partial charge is 0.0491 e. The summed E-state index contributed by atoms with van der Waals surface area (Å²) < 4.78 is 7.38. The zero-order valence-corrected chi connectivity index (χ0v) is 33.3. The van der Waals surface area contributed by atoms with Gasteiger partial charge in [-0.1, -0.05) is 103 Å². The number of hydrogen-bond donors (Lipinski definition) is 0. The minimum Gasteiger partial charge on any atom is -0.344 e. The number of nitrogens with zero attached hydrogens (tertiary/aromatic N) is 3. The van der Waals surface area contributed by atoms with Gasteiger partial charge >= 0.3 is 0 Å². The zero-order chi connectivity index (χ0) is 38.5. The Balaban J connectivity index is 0.993. The van der Waals surface area contributed by atoms with Crippen molar-refractivity contribution < 1.29 is 0 Å². The highest BCUT2D eigenvalue weighted by molar-refractivity contribution is 6.08. The molecule has 0 amide bonds. The molecule has 1 unspecified atom stereocenters. The van der Waals surface area contributed by atoms with Gasteiger partial charge in [-0.2, -0.15) is 0 Å². The number of aryl methyl sites for hydroxylation is 3. The monoisotopic (exact) mass is 739 g/mol. The maximum Gasteiger partial charge on any atom is 0.0491 e. The number of para-hydroxylation sites is 3. The lowest BCUT2D eigenvalue weighted by Crippen LogP contribution is -2.06. The van der Waals surface area contributed by atoms with E-state index in [1.807, 2.05) is 0 Å². The van der Waals surface area contributed by atoms with Crippen molar-refractivity contribution in [2.24, 2.45) is 5.92 Å². The molecule has 3 heteroatoms. The van der Waals surface area contributed by atoms with Gasteiger partial charge in [0.05, 0.1) is 0 Å². The van der Waals surface area contributed by atoms with Crippen molar-refractivity contribution in [1.29, 1.82) is 0 Å². The molecule has 0 radical (unpaired) electrons. The van der Waals surface area contributed by atoms with Crippen LogP contribution in [0.15, 0.2) is 133 Å². The first-order valence-corrected chi connectivity index (χ1v) is 20.9. The Morgan fingerprint density at radius 3 is 1.86 bits per heavy atom. The van der Waals surface area contributed by atoms with Crippen LogP contribution >= 0.6 is 0 Å². The molecule has 3 nitrogen and oxygen atoms in total. The van der Waals surface area contributed by atoms with E-state index >= 15 is 0 Å². The number of rotatable bonds is 9. The van der Waals surface area contributed by atoms with Crippen LogP contribution in [-0.2, 0) is 32.5 Å². The largest absolute Gasteiger partial charge is 0.344 e. The highest BCUT2D eigenvalue weighted by Gasteiger charge is 2.21. The summed E-state index contributed by atoms with van der Waals surface area (Å²) in [5.74, 6) is 0.343. The van der Waals surface area contributed by atoms with Gasteiger partial charge in [-0.15, -0.1) is 0 Å². The Labute approximate surface area is 335 Å². The summed E-state index contributed by atoms with van der Waals surface area (Å²) in [5, 5.41) is 5.37. The molecule has 57 heavy (non-hydrogen) atoms. The molecule has 0 saturated heterocycles. The number of fused-ring (bicyclic) bond motifs is 9. The molecule has 1 atom stereocenters. The van der Waals surface area contributed by atoms with Gasteiger partial charge in [0.15, 0.2) is 0 Å². The molecule has 0 spiro atoms. The molecule has 3 heterocycles. The van der Waals surface area contributed by atoms with Gasteiger partial charge in [-0.3, -0.25) is 0 Å². The summed E-state index contributed by atoms with van der Waals surface area (Å²) in [4.78, 5) is 0. The van der Waals surface area contributed by atoms with E-state index in [9.17, 15) is 0 Å². The molecule has 2 aliphatic carbocycles. The number of aromatic nitrogens is 3.